The number of fused-ring (bicyclic) bond motifs is 1. The number of hydrogen-bond acceptors (Lipinski definition) is 3. The van der Waals surface area contributed by atoms with Crippen molar-refractivity contribution in [1.82, 2.24) is 9.62 Å². The van der Waals surface area contributed by atoms with Gasteiger partial charge in [-0.05, 0) is 30.9 Å². The molecule has 0 aliphatic carbocycles. The lowest BCUT2D eigenvalue weighted by Crippen LogP contribution is -2.52. The van der Waals surface area contributed by atoms with Crippen LogP contribution >= 0.6 is 0 Å². The van der Waals surface area contributed by atoms with Gasteiger partial charge in [-0.1, -0.05) is 31.2 Å². The minimum absolute atomic E-state index is 0.00667. The summed E-state index contributed by atoms with van der Waals surface area (Å²) in [6, 6.07) is 7.06. The van der Waals surface area contributed by atoms with Crippen molar-refractivity contribution in [3.05, 3.63) is 35.4 Å². The zero-order valence-electron chi connectivity index (χ0n) is 12.5. The topological polar surface area (TPSA) is 66.5 Å². The van der Waals surface area contributed by atoms with Gasteiger partial charge in [-0.3, -0.25) is 4.79 Å². The zero-order chi connectivity index (χ0) is 15.5. The lowest BCUT2D eigenvalue weighted by Gasteiger charge is -2.34. The second-order valence-corrected chi connectivity index (χ2v) is 7.44. The number of hydrogen-bond donors (Lipinski definition) is 1. The maximum Gasteiger partial charge on any atom is 0.238 e. The minimum Gasteiger partial charge on any atom is -0.355 e. The van der Waals surface area contributed by atoms with Crippen LogP contribution in [0.4, 0.5) is 0 Å². The lowest BCUT2D eigenvalue weighted by atomic mass is 9.95. The highest BCUT2D eigenvalue weighted by molar-refractivity contribution is 7.89. The normalized spacial score (nSPS) is 19.0. The summed E-state index contributed by atoms with van der Waals surface area (Å²) in [7, 11) is -3.41. The molecule has 0 saturated carbocycles. The molecule has 116 valence electrons. The fraction of sp³-hybridized carbons (Fsp3) is 0.533. The van der Waals surface area contributed by atoms with Gasteiger partial charge in [-0.2, -0.15) is 4.31 Å². The fourth-order valence-corrected chi connectivity index (χ4v) is 3.77. The largest absolute Gasteiger partial charge is 0.355 e. The molecule has 0 saturated heterocycles. The third kappa shape index (κ3) is 3.44. The number of carbonyl (C=O) groups excluding carboxylic acids is 1. The highest BCUT2D eigenvalue weighted by atomic mass is 32.2. The van der Waals surface area contributed by atoms with Gasteiger partial charge in [0.1, 0.15) is 6.04 Å². The van der Waals surface area contributed by atoms with E-state index < -0.39 is 16.1 Å². The summed E-state index contributed by atoms with van der Waals surface area (Å²) in [5.74, 6) is -0.199. The van der Waals surface area contributed by atoms with E-state index in [0.717, 1.165) is 17.5 Å². The van der Waals surface area contributed by atoms with E-state index in [2.05, 4.69) is 5.32 Å². The van der Waals surface area contributed by atoms with E-state index in [9.17, 15) is 13.2 Å². The number of carbonyl (C=O) groups is 1. The molecule has 1 heterocycles. The Kier molecular flexibility index (Phi) is 5.00. The monoisotopic (exact) mass is 310 g/mol. The quantitative estimate of drug-likeness (QED) is 0.891. The maximum atomic E-state index is 12.3. The summed E-state index contributed by atoms with van der Waals surface area (Å²) in [5, 5.41) is 2.81. The Morgan fingerprint density at radius 3 is 2.57 bits per heavy atom. The summed E-state index contributed by atoms with van der Waals surface area (Å²) >= 11 is 0. The second-order valence-electron chi connectivity index (χ2n) is 5.23. The van der Waals surface area contributed by atoms with Gasteiger partial charge in [0.15, 0.2) is 0 Å². The van der Waals surface area contributed by atoms with E-state index in [1.54, 1.807) is 6.92 Å². The Labute approximate surface area is 126 Å². The average molecular weight is 310 g/mol. The molecule has 1 N–H and O–H groups in total. The third-order valence-corrected chi connectivity index (χ3v) is 5.61. The standard InChI is InChI=1S/C15H22N2O3S/c1-3-9-16-15(18)14-10-12-7-5-6-8-13(12)11-17(14)21(19,20)4-2/h5-8,14H,3-4,9-11H2,1-2H3,(H,16,18). The number of nitrogens with one attached hydrogen (secondary N) is 1. The van der Waals surface area contributed by atoms with E-state index in [4.69, 9.17) is 0 Å². The maximum absolute atomic E-state index is 12.3. The van der Waals surface area contributed by atoms with Gasteiger partial charge < -0.3 is 5.32 Å². The molecule has 5 nitrogen and oxygen atoms in total. The molecule has 0 spiro atoms. The van der Waals surface area contributed by atoms with Gasteiger partial charge in [-0.25, -0.2) is 8.42 Å². The SMILES string of the molecule is CCCNC(=O)C1Cc2ccccc2CN1S(=O)(=O)CC. The zero-order valence-corrected chi connectivity index (χ0v) is 13.3. The summed E-state index contributed by atoms with van der Waals surface area (Å²) in [5.41, 5.74) is 2.03. The second kappa shape index (κ2) is 6.58. The molecule has 2 rings (SSSR count). The molecule has 1 aliphatic heterocycles. The van der Waals surface area contributed by atoms with Crippen LogP contribution in [-0.4, -0.2) is 37.0 Å². The first-order valence-electron chi connectivity index (χ1n) is 7.33. The number of rotatable bonds is 5. The smallest absolute Gasteiger partial charge is 0.238 e. The number of sulfonamides is 1. The van der Waals surface area contributed by atoms with E-state index in [1.165, 1.54) is 4.31 Å². The number of benzene rings is 1. The van der Waals surface area contributed by atoms with E-state index in [-0.39, 0.29) is 18.2 Å². The van der Waals surface area contributed by atoms with Crippen molar-refractivity contribution in [2.24, 2.45) is 0 Å². The Bertz CT molecular complexity index is 613. The molecule has 21 heavy (non-hydrogen) atoms. The van der Waals surface area contributed by atoms with Crippen LogP contribution in [0.1, 0.15) is 31.4 Å². The molecule has 0 bridgehead atoms. The van der Waals surface area contributed by atoms with Crippen LogP contribution in [0.2, 0.25) is 0 Å². The molecule has 1 aromatic carbocycles. The van der Waals surface area contributed by atoms with Crippen LogP contribution < -0.4 is 5.32 Å². The molecule has 6 heteroatoms. The van der Waals surface area contributed by atoms with Crippen molar-refractivity contribution >= 4 is 15.9 Å². The first-order valence-corrected chi connectivity index (χ1v) is 8.94. The van der Waals surface area contributed by atoms with Gasteiger partial charge in [0.2, 0.25) is 15.9 Å². The Morgan fingerprint density at radius 1 is 1.29 bits per heavy atom. The first kappa shape index (κ1) is 16.0. The fourth-order valence-electron chi connectivity index (χ4n) is 2.55. The molecule has 0 aromatic heterocycles. The van der Waals surface area contributed by atoms with E-state index in [1.807, 2.05) is 31.2 Å². The highest BCUT2D eigenvalue weighted by Gasteiger charge is 2.37. The predicted molar refractivity (Wildman–Crippen MR) is 82.2 cm³/mol. The lowest BCUT2D eigenvalue weighted by molar-refractivity contribution is -0.125. The van der Waals surface area contributed by atoms with Crippen LogP contribution in [0.3, 0.4) is 0 Å². The van der Waals surface area contributed by atoms with Crippen LogP contribution in [0.15, 0.2) is 24.3 Å². The van der Waals surface area contributed by atoms with Crippen LogP contribution in [0, 0.1) is 0 Å². The Hall–Kier alpha value is -1.40. The number of nitrogens with zero attached hydrogens (tertiary/aromatic N) is 1. The van der Waals surface area contributed by atoms with Crippen LogP contribution in [-0.2, 0) is 27.8 Å². The molecule has 1 aromatic rings. The summed E-state index contributed by atoms with van der Waals surface area (Å²) in [4.78, 5) is 12.3. The molecular formula is C15H22N2O3S. The van der Waals surface area contributed by atoms with Crippen LogP contribution in [0.5, 0.6) is 0 Å². The highest BCUT2D eigenvalue weighted by Crippen LogP contribution is 2.26. The third-order valence-electron chi connectivity index (χ3n) is 3.78. The number of amides is 1. The summed E-state index contributed by atoms with van der Waals surface area (Å²) in [6.07, 6.45) is 1.26. The van der Waals surface area contributed by atoms with Crippen molar-refractivity contribution in [3.8, 4) is 0 Å². The molecule has 0 radical (unpaired) electrons. The Morgan fingerprint density at radius 2 is 1.95 bits per heavy atom. The molecule has 1 aliphatic rings. The van der Waals surface area contributed by atoms with Crippen molar-refractivity contribution in [3.63, 3.8) is 0 Å². The molecular weight excluding hydrogens is 288 g/mol. The summed E-state index contributed by atoms with van der Waals surface area (Å²) in [6.45, 7) is 4.42. The van der Waals surface area contributed by atoms with Gasteiger partial charge in [-0.15, -0.1) is 0 Å². The van der Waals surface area contributed by atoms with Crippen molar-refractivity contribution in [1.29, 1.82) is 0 Å². The van der Waals surface area contributed by atoms with E-state index in [0.29, 0.717) is 13.0 Å². The summed E-state index contributed by atoms with van der Waals surface area (Å²) < 4.78 is 25.9. The molecule has 1 unspecified atom stereocenters. The predicted octanol–water partition coefficient (Wildman–Crippen LogP) is 1.29. The van der Waals surface area contributed by atoms with E-state index >= 15 is 0 Å². The molecule has 1 atom stereocenters. The first-order chi connectivity index (χ1) is 9.99. The Balaban J connectivity index is 2.33. The van der Waals surface area contributed by atoms with Gasteiger partial charge in [0.05, 0.1) is 5.75 Å². The molecule has 1 amide bonds. The molecule has 0 fully saturated rings. The van der Waals surface area contributed by atoms with Gasteiger partial charge in [0.25, 0.3) is 0 Å². The van der Waals surface area contributed by atoms with Crippen LogP contribution in [0.25, 0.3) is 0 Å². The average Bonchev–Trinajstić information content (AvgIpc) is 2.51. The van der Waals surface area contributed by atoms with Crippen molar-refractivity contribution in [2.45, 2.75) is 39.3 Å². The van der Waals surface area contributed by atoms with Crippen molar-refractivity contribution in [2.75, 3.05) is 12.3 Å². The van der Waals surface area contributed by atoms with Gasteiger partial charge in [0, 0.05) is 13.1 Å². The van der Waals surface area contributed by atoms with Crippen molar-refractivity contribution < 1.29 is 13.2 Å². The minimum atomic E-state index is -3.41. The van der Waals surface area contributed by atoms with Gasteiger partial charge >= 0.3 is 0 Å².